The van der Waals surface area contributed by atoms with E-state index < -0.39 is 0 Å². The highest BCUT2D eigenvalue weighted by atomic mass is 32.1. The second-order valence-corrected chi connectivity index (χ2v) is 17.6. The van der Waals surface area contributed by atoms with E-state index in [-0.39, 0.29) is 18.0 Å². The summed E-state index contributed by atoms with van der Waals surface area (Å²) < 4.78 is 12.2. The summed E-state index contributed by atoms with van der Waals surface area (Å²) in [6, 6.07) is 66.2. The van der Waals surface area contributed by atoms with Crippen LogP contribution in [-0.2, 0) is 0 Å². The summed E-state index contributed by atoms with van der Waals surface area (Å²) in [4.78, 5) is 5.76. The topological polar surface area (TPSA) is 42.5 Å². The number of para-hydroxylation sites is 1. The van der Waals surface area contributed by atoms with Gasteiger partial charge in [-0.25, -0.2) is 0 Å². The quantitative estimate of drug-likeness (QED) is 0.188. The smallest absolute Gasteiger partial charge is 0.159 e. The Hall–Kier alpha value is -7.21. The zero-order chi connectivity index (χ0) is 40.2. The molecule has 9 aromatic carbocycles. The van der Waals surface area contributed by atoms with Crippen LogP contribution in [-0.4, -0.2) is 10.4 Å². The maximum Gasteiger partial charge on any atom is 0.159 e. The molecular formula is C56H39N3OS. The Labute approximate surface area is 356 Å². The molecule has 3 unspecified atom stereocenters. The number of aromatic nitrogens is 1. The minimum atomic E-state index is -0.159. The van der Waals surface area contributed by atoms with Gasteiger partial charge in [0.05, 0.1) is 28.8 Å². The van der Waals surface area contributed by atoms with Gasteiger partial charge in [-0.1, -0.05) is 146 Å². The van der Waals surface area contributed by atoms with Crippen molar-refractivity contribution in [2.75, 3.05) is 0 Å². The zero-order valence-corrected chi connectivity index (χ0v) is 34.3. The van der Waals surface area contributed by atoms with Crippen molar-refractivity contribution >= 4 is 103 Å². The lowest BCUT2D eigenvalue weighted by molar-refractivity contribution is 0.312. The highest BCUT2D eigenvalue weighted by Gasteiger charge is 2.37. The van der Waals surface area contributed by atoms with E-state index in [1.165, 1.54) is 63.6 Å². The van der Waals surface area contributed by atoms with E-state index in [4.69, 9.17) is 9.41 Å². The SMILES string of the molecule is CCC1C(c2cc(-n3c4ccccc4c4cc5ccccc5cc43)c3oc4ccc5ccccc5c4c3c2)N=C(c2ccccc2)NC1c1cccc2c1sc1ccccc12. The van der Waals surface area contributed by atoms with Gasteiger partial charge in [0.1, 0.15) is 11.4 Å². The van der Waals surface area contributed by atoms with Crippen LogP contribution in [0.2, 0.25) is 0 Å². The molecule has 3 atom stereocenters. The molecule has 0 aliphatic carbocycles. The van der Waals surface area contributed by atoms with Gasteiger partial charge in [-0.15, -0.1) is 11.3 Å². The number of hydrogen-bond acceptors (Lipinski definition) is 4. The summed E-state index contributed by atoms with van der Waals surface area (Å²) in [5, 5.41) is 16.2. The maximum atomic E-state index is 7.09. The number of nitrogens with one attached hydrogen (secondary N) is 1. The van der Waals surface area contributed by atoms with Crippen molar-refractivity contribution in [1.29, 1.82) is 0 Å². The van der Waals surface area contributed by atoms with Gasteiger partial charge in [0.2, 0.25) is 0 Å². The van der Waals surface area contributed by atoms with Crippen LogP contribution < -0.4 is 5.32 Å². The van der Waals surface area contributed by atoms with Crippen molar-refractivity contribution in [2.45, 2.75) is 25.4 Å². The van der Waals surface area contributed by atoms with Crippen molar-refractivity contribution in [2.24, 2.45) is 10.9 Å². The zero-order valence-electron chi connectivity index (χ0n) is 33.5. The molecule has 12 aromatic rings. The Bertz CT molecular complexity index is 3760. The summed E-state index contributed by atoms with van der Waals surface area (Å²) in [6.45, 7) is 2.33. The fraction of sp³-hybridized carbons (Fsp3) is 0.0893. The van der Waals surface area contributed by atoms with E-state index in [9.17, 15) is 0 Å². The fourth-order valence-electron chi connectivity index (χ4n) is 10.5. The first kappa shape index (κ1) is 34.6. The highest BCUT2D eigenvalue weighted by molar-refractivity contribution is 7.26. The first-order valence-corrected chi connectivity index (χ1v) is 22.1. The predicted molar refractivity (Wildman–Crippen MR) is 258 cm³/mol. The molecule has 1 N–H and O–H groups in total. The van der Waals surface area contributed by atoms with Gasteiger partial charge >= 0.3 is 0 Å². The van der Waals surface area contributed by atoms with Crippen LogP contribution in [0.15, 0.2) is 191 Å². The van der Waals surface area contributed by atoms with Crippen LogP contribution in [0.3, 0.4) is 0 Å². The third kappa shape index (κ3) is 5.20. The second-order valence-electron chi connectivity index (χ2n) is 16.6. The molecule has 13 rings (SSSR count). The van der Waals surface area contributed by atoms with Crippen LogP contribution >= 0.6 is 11.3 Å². The number of hydrogen-bond donors (Lipinski definition) is 1. The maximum absolute atomic E-state index is 7.09. The predicted octanol–water partition coefficient (Wildman–Crippen LogP) is 15.2. The van der Waals surface area contributed by atoms with E-state index in [0.29, 0.717) is 0 Å². The molecule has 0 bridgehead atoms. The summed E-state index contributed by atoms with van der Waals surface area (Å²) in [7, 11) is 0. The molecular weight excluding hydrogens is 763 g/mol. The number of thiophene rings is 1. The van der Waals surface area contributed by atoms with E-state index in [0.717, 1.165) is 56.5 Å². The summed E-state index contributed by atoms with van der Waals surface area (Å²) in [6.07, 6.45) is 0.930. The molecule has 0 spiro atoms. The Morgan fingerprint density at radius 2 is 1.31 bits per heavy atom. The largest absolute Gasteiger partial charge is 0.454 e. The number of nitrogens with zero attached hydrogens (tertiary/aromatic N) is 2. The Morgan fingerprint density at radius 3 is 2.16 bits per heavy atom. The molecule has 0 saturated carbocycles. The average molecular weight is 802 g/mol. The van der Waals surface area contributed by atoms with E-state index in [1.54, 1.807) is 0 Å². The summed E-state index contributed by atoms with van der Waals surface area (Å²) in [5.74, 6) is 1.07. The lowest BCUT2D eigenvalue weighted by atomic mass is 9.79. The van der Waals surface area contributed by atoms with Crippen LogP contribution in [0, 0.1) is 5.92 Å². The van der Waals surface area contributed by atoms with Crippen LogP contribution in [0.1, 0.15) is 42.1 Å². The van der Waals surface area contributed by atoms with Crippen molar-refractivity contribution in [3.63, 3.8) is 0 Å². The van der Waals surface area contributed by atoms with Gasteiger partial charge in [0, 0.05) is 53.2 Å². The van der Waals surface area contributed by atoms with Gasteiger partial charge in [-0.05, 0) is 81.6 Å². The summed E-state index contributed by atoms with van der Waals surface area (Å²) in [5.41, 5.74) is 8.70. The van der Waals surface area contributed by atoms with Gasteiger partial charge in [-0.3, -0.25) is 4.99 Å². The van der Waals surface area contributed by atoms with E-state index in [2.05, 4.69) is 199 Å². The van der Waals surface area contributed by atoms with Gasteiger partial charge in [0.25, 0.3) is 0 Å². The van der Waals surface area contributed by atoms with Gasteiger partial charge < -0.3 is 14.3 Å². The third-order valence-electron chi connectivity index (χ3n) is 13.3. The van der Waals surface area contributed by atoms with Crippen molar-refractivity contribution in [3.05, 3.63) is 199 Å². The summed E-state index contributed by atoms with van der Waals surface area (Å²) >= 11 is 1.90. The standard InChI is InChI=1S/C56H39N3OS/c1-2-38-52(57-56(34-16-4-3-5-17-34)58-53(38)43-24-14-23-42-41-22-11-13-26-50(41)61-55(42)43)37-30-45-51-39-20-9-8-15-33(39)27-28-49(51)60-54(45)48(32-37)59-46-25-12-10-21-40(46)44-29-35-18-6-7-19-36(35)31-47(44)59/h3-32,38,52-53H,2H2,1H3,(H,57,58). The van der Waals surface area contributed by atoms with Crippen LogP contribution in [0.5, 0.6) is 0 Å². The number of amidine groups is 1. The fourth-order valence-corrected chi connectivity index (χ4v) is 11.7. The molecule has 0 saturated heterocycles. The number of benzene rings is 9. The molecule has 5 heteroatoms. The van der Waals surface area contributed by atoms with Crippen molar-refractivity contribution in [1.82, 2.24) is 9.88 Å². The Morgan fingerprint density at radius 1 is 0.590 bits per heavy atom. The number of fused-ring (bicyclic) bond motifs is 12. The van der Waals surface area contributed by atoms with Crippen molar-refractivity contribution in [3.8, 4) is 5.69 Å². The molecule has 290 valence electrons. The monoisotopic (exact) mass is 801 g/mol. The molecule has 1 aliphatic rings. The molecule has 0 amide bonds. The molecule has 4 nitrogen and oxygen atoms in total. The molecule has 61 heavy (non-hydrogen) atoms. The lowest BCUT2D eigenvalue weighted by Gasteiger charge is -2.38. The number of aliphatic imine (C=N–C) groups is 1. The first-order chi connectivity index (χ1) is 30.2. The van der Waals surface area contributed by atoms with E-state index in [1.807, 2.05) is 11.3 Å². The third-order valence-corrected chi connectivity index (χ3v) is 14.5. The van der Waals surface area contributed by atoms with Crippen LogP contribution in [0.25, 0.3) is 91.1 Å². The normalized spacial score (nSPS) is 17.1. The molecule has 0 fully saturated rings. The van der Waals surface area contributed by atoms with Gasteiger partial charge in [0.15, 0.2) is 5.58 Å². The molecule has 1 aliphatic heterocycles. The minimum absolute atomic E-state index is 0.0140. The Kier molecular flexibility index (Phi) is 7.61. The lowest BCUT2D eigenvalue weighted by Crippen LogP contribution is -2.41. The number of rotatable bonds is 5. The molecule has 4 heterocycles. The van der Waals surface area contributed by atoms with Crippen molar-refractivity contribution < 1.29 is 4.42 Å². The second kappa shape index (κ2) is 13.4. The minimum Gasteiger partial charge on any atom is -0.454 e. The average Bonchev–Trinajstić information content (AvgIpc) is 4.00. The van der Waals surface area contributed by atoms with E-state index >= 15 is 0 Å². The Balaban J connectivity index is 1.13. The van der Waals surface area contributed by atoms with Gasteiger partial charge in [-0.2, -0.15) is 0 Å². The highest BCUT2D eigenvalue weighted by Crippen LogP contribution is 2.49. The van der Waals surface area contributed by atoms with Crippen LogP contribution in [0.4, 0.5) is 0 Å². The molecule has 3 aromatic heterocycles. The first-order valence-electron chi connectivity index (χ1n) is 21.3. The molecule has 0 radical (unpaired) electrons. The number of furan rings is 1.